The molecule has 1 amide bonds. The number of likely N-dealkylation sites (tertiary alicyclic amines) is 1. The summed E-state index contributed by atoms with van der Waals surface area (Å²) >= 11 is 0. The summed E-state index contributed by atoms with van der Waals surface area (Å²) in [6.07, 6.45) is 7.97. The van der Waals surface area contributed by atoms with Crippen LogP contribution >= 0.6 is 0 Å². The van der Waals surface area contributed by atoms with Crippen LogP contribution in [-0.4, -0.2) is 44.9 Å². The fourth-order valence-corrected chi connectivity index (χ4v) is 3.80. The molecular weight excluding hydrogens is 278 g/mol. The van der Waals surface area contributed by atoms with Gasteiger partial charge in [-0.3, -0.25) is 9.48 Å². The molecule has 1 aromatic rings. The van der Waals surface area contributed by atoms with E-state index in [-0.39, 0.29) is 18.1 Å². The van der Waals surface area contributed by atoms with Crippen molar-refractivity contribution in [1.82, 2.24) is 14.7 Å². The van der Waals surface area contributed by atoms with Gasteiger partial charge < -0.3 is 10.0 Å². The molecule has 22 heavy (non-hydrogen) atoms. The van der Waals surface area contributed by atoms with Crippen molar-refractivity contribution in [3.8, 4) is 0 Å². The quantitative estimate of drug-likeness (QED) is 0.914. The lowest BCUT2D eigenvalue weighted by Crippen LogP contribution is -2.45. The van der Waals surface area contributed by atoms with Gasteiger partial charge in [0.15, 0.2) is 0 Å². The van der Waals surface area contributed by atoms with E-state index in [9.17, 15) is 9.90 Å². The van der Waals surface area contributed by atoms with Gasteiger partial charge in [-0.1, -0.05) is 0 Å². The lowest BCUT2D eigenvalue weighted by Gasteiger charge is -2.45. The van der Waals surface area contributed by atoms with E-state index in [2.05, 4.69) is 18.9 Å². The Hall–Kier alpha value is -1.36. The second-order valence-corrected chi connectivity index (χ2v) is 7.30. The van der Waals surface area contributed by atoms with Gasteiger partial charge in [0.1, 0.15) is 5.69 Å². The number of aromatic nitrogens is 2. The van der Waals surface area contributed by atoms with Crippen LogP contribution in [0.15, 0.2) is 12.3 Å². The van der Waals surface area contributed by atoms with Gasteiger partial charge in [-0.2, -0.15) is 5.10 Å². The van der Waals surface area contributed by atoms with Crippen LogP contribution in [0.2, 0.25) is 0 Å². The molecule has 1 aromatic heterocycles. The number of rotatable bonds is 2. The van der Waals surface area contributed by atoms with Crippen LogP contribution in [0.1, 0.15) is 68.9 Å². The van der Waals surface area contributed by atoms with Gasteiger partial charge in [0.25, 0.3) is 5.91 Å². The predicted molar refractivity (Wildman–Crippen MR) is 84.7 cm³/mol. The van der Waals surface area contributed by atoms with Gasteiger partial charge >= 0.3 is 0 Å². The van der Waals surface area contributed by atoms with Gasteiger partial charge in [0.2, 0.25) is 0 Å². The summed E-state index contributed by atoms with van der Waals surface area (Å²) < 4.78 is 1.83. The molecule has 0 aromatic carbocycles. The average Bonchev–Trinajstić information content (AvgIpc) is 3.01. The third-order valence-electron chi connectivity index (χ3n) is 5.48. The Bertz CT molecular complexity index is 520. The summed E-state index contributed by atoms with van der Waals surface area (Å²) in [4.78, 5) is 14.5. The minimum atomic E-state index is -0.106. The van der Waals surface area contributed by atoms with Crippen LogP contribution in [0.5, 0.6) is 0 Å². The predicted octanol–water partition coefficient (Wildman–Crippen LogP) is 2.62. The van der Waals surface area contributed by atoms with Crippen molar-refractivity contribution >= 4 is 5.91 Å². The van der Waals surface area contributed by atoms with Crippen molar-refractivity contribution in [3.63, 3.8) is 0 Å². The van der Waals surface area contributed by atoms with Crippen LogP contribution in [0.4, 0.5) is 0 Å². The molecule has 1 aliphatic heterocycles. The number of piperidine rings is 1. The molecule has 1 N–H and O–H groups in total. The van der Waals surface area contributed by atoms with Crippen molar-refractivity contribution in [2.45, 2.75) is 64.5 Å². The lowest BCUT2D eigenvalue weighted by molar-refractivity contribution is 0.0166. The van der Waals surface area contributed by atoms with E-state index < -0.39 is 0 Å². The van der Waals surface area contributed by atoms with Crippen molar-refractivity contribution in [2.75, 3.05) is 13.1 Å². The molecular formula is C17H27N3O2. The number of nitrogens with zero attached hydrogens (tertiary/aromatic N) is 3. The van der Waals surface area contributed by atoms with Crippen molar-refractivity contribution in [3.05, 3.63) is 18.0 Å². The number of hydrogen-bond acceptors (Lipinski definition) is 3. The van der Waals surface area contributed by atoms with Gasteiger partial charge in [-0.05, 0) is 63.9 Å². The maximum Gasteiger partial charge on any atom is 0.274 e. The van der Waals surface area contributed by atoms with Crippen LogP contribution in [-0.2, 0) is 0 Å². The molecule has 0 radical (unpaired) electrons. The molecule has 0 bridgehead atoms. The first-order chi connectivity index (χ1) is 10.5. The molecule has 1 saturated carbocycles. The molecule has 2 aliphatic rings. The standard InChI is InChI=1S/C17H27N3O2/c1-13(2)20-10-5-15(18-20)16(22)19-11-8-17(9-12-19)6-3-14(21)4-7-17/h5,10,13-14,21H,3-4,6-9,11-12H2,1-2H3. The molecule has 122 valence electrons. The molecule has 1 spiro atoms. The Morgan fingerprint density at radius 1 is 1.27 bits per heavy atom. The van der Waals surface area contributed by atoms with Crippen LogP contribution in [0.25, 0.3) is 0 Å². The van der Waals surface area contributed by atoms with Crippen molar-refractivity contribution in [2.24, 2.45) is 5.41 Å². The first kappa shape index (κ1) is 15.5. The average molecular weight is 305 g/mol. The van der Waals surface area contributed by atoms with E-state index in [1.807, 2.05) is 21.8 Å². The van der Waals surface area contributed by atoms with E-state index in [4.69, 9.17) is 0 Å². The molecule has 1 aliphatic carbocycles. The Morgan fingerprint density at radius 3 is 2.45 bits per heavy atom. The highest BCUT2D eigenvalue weighted by Gasteiger charge is 2.38. The highest BCUT2D eigenvalue weighted by atomic mass is 16.3. The van der Waals surface area contributed by atoms with E-state index >= 15 is 0 Å². The Kier molecular flexibility index (Phi) is 4.26. The van der Waals surface area contributed by atoms with E-state index in [0.29, 0.717) is 11.1 Å². The van der Waals surface area contributed by atoms with Crippen LogP contribution in [0, 0.1) is 5.41 Å². The topological polar surface area (TPSA) is 58.4 Å². The Morgan fingerprint density at radius 2 is 1.91 bits per heavy atom. The Balaban J connectivity index is 1.59. The summed E-state index contributed by atoms with van der Waals surface area (Å²) in [5.41, 5.74) is 0.927. The van der Waals surface area contributed by atoms with Gasteiger partial charge in [0.05, 0.1) is 6.10 Å². The van der Waals surface area contributed by atoms with E-state index in [1.54, 1.807) is 0 Å². The first-order valence-corrected chi connectivity index (χ1v) is 8.52. The minimum absolute atomic E-state index is 0.0603. The molecule has 1 saturated heterocycles. The second-order valence-electron chi connectivity index (χ2n) is 7.30. The highest BCUT2D eigenvalue weighted by molar-refractivity contribution is 5.92. The zero-order valence-corrected chi connectivity index (χ0v) is 13.7. The smallest absolute Gasteiger partial charge is 0.274 e. The first-order valence-electron chi connectivity index (χ1n) is 8.52. The lowest BCUT2D eigenvalue weighted by atomic mass is 9.67. The van der Waals surface area contributed by atoms with Crippen LogP contribution in [0.3, 0.4) is 0 Å². The maximum absolute atomic E-state index is 12.6. The third kappa shape index (κ3) is 3.05. The van der Waals surface area contributed by atoms with E-state index in [1.165, 1.54) is 0 Å². The molecule has 2 heterocycles. The molecule has 0 atom stereocenters. The number of carbonyl (C=O) groups is 1. The minimum Gasteiger partial charge on any atom is -0.393 e. The summed E-state index contributed by atoms with van der Waals surface area (Å²) in [7, 11) is 0. The highest BCUT2D eigenvalue weighted by Crippen LogP contribution is 2.44. The van der Waals surface area contributed by atoms with E-state index in [0.717, 1.165) is 51.6 Å². The Labute approximate surface area is 132 Å². The zero-order valence-electron chi connectivity index (χ0n) is 13.7. The summed E-state index contributed by atoms with van der Waals surface area (Å²) in [6.45, 7) is 5.76. The number of amides is 1. The van der Waals surface area contributed by atoms with Crippen LogP contribution < -0.4 is 0 Å². The van der Waals surface area contributed by atoms with Crippen molar-refractivity contribution in [1.29, 1.82) is 0 Å². The third-order valence-corrected chi connectivity index (χ3v) is 5.48. The summed E-state index contributed by atoms with van der Waals surface area (Å²) in [5.74, 6) is 0.0603. The fraction of sp³-hybridized carbons (Fsp3) is 0.765. The number of aliphatic hydroxyl groups excluding tert-OH is 1. The molecule has 5 heteroatoms. The number of carbonyl (C=O) groups excluding carboxylic acids is 1. The van der Waals surface area contributed by atoms with Gasteiger partial charge in [-0.15, -0.1) is 0 Å². The molecule has 2 fully saturated rings. The van der Waals surface area contributed by atoms with Gasteiger partial charge in [-0.25, -0.2) is 0 Å². The van der Waals surface area contributed by atoms with Crippen molar-refractivity contribution < 1.29 is 9.90 Å². The zero-order chi connectivity index (χ0) is 15.7. The number of aliphatic hydroxyl groups is 1. The summed E-state index contributed by atoms with van der Waals surface area (Å²) in [5, 5.41) is 14.1. The molecule has 3 rings (SSSR count). The summed E-state index contributed by atoms with van der Waals surface area (Å²) in [6, 6.07) is 2.10. The largest absolute Gasteiger partial charge is 0.393 e. The SMILES string of the molecule is CC(C)n1ccc(C(=O)N2CCC3(CCC(O)CC3)CC2)n1. The van der Waals surface area contributed by atoms with Gasteiger partial charge in [0, 0.05) is 25.3 Å². The maximum atomic E-state index is 12.6. The molecule has 0 unspecified atom stereocenters. The second kappa shape index (κ2) is 6.03. The fourth-order valence-electron chi connectivity index (χ4n) is 3.80. The number of hydrogen-bond donors (Lipinski definition) is 1. The molecule has 5 nitrogen and oxygen atoms in total. The monoisotopic (exact) mass is 305 g/mol. The normalized spacial score (nSPS) is 22.5.